The predicted octanol–water partition coefficient (Wildman–Crippen LogP) is 1.56. The number of piperazine rings is 2. The van der Waals surface area contributed by atoms with E-state index in [-0.39, 0.29) is 6.10 Å². The molecule has 0 amide bonds. The number of pyridine rings is 1. The van der Waals surface area contributed by atoms with Gasteiger partial charge in [0.2, 0.25) is 0 Å². The zero-order valence-electron chi connectivity index (χ0n) is 18.8. The van der Waals surface area contributed by atoms with Crippen LogP contribution >= 0.6 is 0 Å². The van der Waals surface area contributed by atoms with Crippen LogP contribution in [0.1, 0.15) is 31.1 Å². The summed E-state index contributed by atoms with van der Waals surface area (Å²) in [5, 5.41) is 25.4. The van der Waals surface area contributed by atoms with E-state index < -0.39 is 6.10 Å². The predicted molar refractivity (Wildman–Crippen MR) is 127 cm³/mol. The van der Waals surface area contributed by atoms with Crippen LogP contribution in [-0.2, 0) is 6.42 Å². The molecule has 170 valence electrons. The van der Waals surface area contributed by atoms with Gasteiger partial charge in [-0.2, -0.15) is 0 Å². The Kier molecular flexibility index (Phi) is 9.09. The van der Waals surface area contributed by atoms with Gasteiger partial charge in [-0.25, -0.2) is 0 Å². The third kappa shape index (κ3) is 7.47. The number of hydrogen-bond acceptors (Lipinski definition) is 7. The van der Waals surface area contributed by atoms with E-state index in [1.54, 1.807) is 13.1 Å². The summed E-state index contributed by atoms with van der Waals surface area (Å²) in [6, 6.07) is 10.6. The first-order chi connectivity index (χ1) is 15.0. The Morgan fingerprint density at radius 2 is 1.39 bits per heavy atom. The first-order valence-corrected chi connectivity index (χ1v) is 11.3. The summed E-state index contributed by atoms with van der Waals surface area (Å²) in [5.41, 5.74) is 4.48. The van der Waals surface area contributed by atoms with Gasteiger partial charge in [0.25, 0.3) is 0 Å². The quantitative estimate of drug-likeness (QED) is 0.576. The average Bonchev–Trinajstić information content (AvgIpc) is 2.81. The van der Waals surface area contributed by atoms with Crippen LogP contribution in [0.2, 0.25) is 0 Å². The Bertz CT molecular complexity index is 770. The molecular formula is C24H37N5O2. The highest BCUT2D eigenvalue weighted by atomic mass is 16.3. The summed E-state index contributed by atoms with van der Waals surface area (Å²) < 4.78 is 0. The van der Waals surface area contributed by atoms with Crippen LogP contribution in [0.25, 0.3) is 0 Å². The number of nitrogens with zero attached hydrogens (tertiary/aromatic N) is 3. The van der Waals surface area contributed by atoms with Crippen molar-refractivity contribution in [3.63, 3.8) is 0 Å². The Balaban J connectivity index is 0.000000176. The van der Waals surface area contributed by atoms with Crippen molar-refractivity contribution in [1.82, 2.24) is 15.6 Å². The van der Waals surface area contributed by atoms with Crippen molar-refractivity contribution >= 4 is 11.4 Å². The molecule has 2 aliphatic heterocycles. The molecule has 0 radical (unpaired) electrons. The molecule has 2 aromatic rings. The second kappa shape index (κ2) is 12.0. The van der Waals surface area contributed by atoms with E-state index in [0.717, 1.165) is 70.0 Å². The van der Waals surface area contributed by atoms with E-state index in [9.17, 15) is 10.2 Å². The normalized spacial score (nSPS) is 18.7. The summed E-state index contributed by atoms with van der Waals surface area (Å²) in [7, 11) is 0. The van der Waals surface area contributed by atoms with Gasteiger partial charge in [-0.15, -0.1) is 0 Å². The molecule has 7 nitrogen and oxygen atoms in total. The third-order valence-electron chi connectivity index (χ3n) is 5.66. The van der Waals surface area contributed by atoms with Crippen LogP contribution in [0, 0.1) is 0 Å². The molecule has 1 aromatic heterocycles. The topological polar surface area (TPSA) is 83.9 Å². The maximum absolute atomic E-state index is 9.48. The van der Waals surface area contributed by atoms with Crippen molar-refractivity contribution in [3.8, 4) is 0 Å². The third-order valence-corrected chi connectivity index (χ3v) is 5.66. The molecule has 4 rings (SSSR count). The molecule has 0 aliphatic carbocycles. The molecule has 2 fully saturated rings. The zero-order valence-corrected chi connectivity index (χ0v) is 18.8. The van der Waals surface area contributed by atoms with Gasteiger partial charge < -0.3 is 30.6 Å². The minimum Gasteiger partial charge on any atom is -0.393 e. The van der Waals surface area contributed by atoms with Gasteiger partial charge in [-0.05, 0) is 44.0 Å². The SMILES string of the molecule is CC(O)Cc1ccc(N2CCNCC2)cc1.CC(O)c1cncc(N2CCNCC2)c1. The van der Waals surface area contributed by atoms with Crippen molar-refractivity contribution in [2.45, 2.75) is 32.5 Å². The zero-order chi connectivity index (χ0) is 22.1. The van der Waals surface area contributed by atoms with E-state index in [1.165, 1.54) is 11.3 Å². The van der Waals surface area contributed by atoms with Crippen molar-refractivity contribution in [2.24, 2.45) is 0 Å². The first kappa shape index (κ1) is 23.5. The molecule has 2 atom stereocenters. The summed E-state index contributed by atoms with van der Waals surface area (Å²) in [4.78, 5) is 8.84. The lowest BCUT2D eigenvalue weighted by atomic mass is 10.1. The summed E-state index contributed by atoms with van der Waals surface area (Å²) in [5.74, 6) is 0. The molecule has 2 saturated heterocycles. The number of anilines is 2. The van der Waals surface area contributed by atoms with Crippen molar-refractivity contribution in [1.29, 1.82) is 0 Å². The smallest absolute Gasteiger partial charge is 0.0777 e. The van der Waals surface area contributed by atoms with Crippen molar-refractivity contribution in [2.75, 3.05) is 62.2 Å². The minimum atomic E-state index is -0.444. The maximum Gasteiger partial charge on any atom is 0.0777 e. The molecule has 0 saturated carbocycles. The Labute approximate surface area is 186 Å². The molecule has 7 heteroatoms. The van der Waals surface area contributed by atoms with E-state index >= 15 is 0 Å². The van der Waals surface area contributed by atoms with Crippen LogP contribution in [0.15, 0.2) is 42.7 Å². The van der Waals surface area contributed by atoms with E-state index in [1.807, 2.05) is 19.2 Å². The van der Waals surface area contributed by atoms with Crippen molar-refractivity contribution < 1.29 is 10.2 Å². The molecule has 31 heavy (non-hydrogen) atoms. The lowest BCUT2D eigenvalue weighted by Crippen LogP contribution is -2.43. The van der Waals surface area contributed by atoms with Gasteiger partial charge in [0.05, 0.1) is 24.1 Å². The number of aliphatic hydroxyl groups is 2. The van der Waals surface area contributed by atoms with Gasteiger partial charge in [-0.1, -0.05) is 12.1 Å². The maximum atomic E-state index is 9.48. The lowest BCUT2D eigenvalue weighted by Gasteiger charge is -2.29. The number of aliphatic hydroxyl groups excluding tert-OH is 2. The molecular weight excluding hydrogens is 390 g/mol. The molecule has 2 unspecified atom stereocenters. The van der Waals surface area contributed by atoms with Crippen LogP contribution in [0.3, 0.4) is 0 Å². The van der Waals surface area contributed by atoms with E-state index in [0.29, 0.717) is 0 Å². The number of rotatable bonds is 5. The molecule has 3 heterocycles. The van der Waals surface area contributed by atoms with E-state index in [4.69, 9.17) is 0 Å². The fourth-order valence-electron chi connectivity index (χ4n) is 3.88. The number of aromatic nitrogens is 1. The second-order valence-electron chi connectivity index (χ2n) is 8.35. The lowest BCUT2D eigenvalue weighted by molar-refractivity contribution is 0.195. The standard InChI is InChI=1S/C13H20N2O.C11H17N3O/c1-11(16)10-12-2-4-13(5-3-12)15-8-6-14-7-9-15;1-9(15)10-6-11(8-13-7-10)14-4-2-12-3-5-14/h2-5,11,14,16H,6-10H2,1H3;6-9,12,15H,2-5H2,1H3. The van der Waals surface area contributed by atoms with Crippen LogP contribution in [0.5, 0.6) is 0 Å². The Morgan fingerprint density at radius 1 is 0.839 bits per heavy atom. The van der Waals surface area contributed by atoms with Gasteiger partial charge in [0, 0.05) is 69.8 Å². The largest absolute Gasteiger partial charge is 0.393 e. The summed E-state index contributed by atoms with van der Waals surface area (Å²) >= 11 is 0. The molecule has 0 spiro atoms. The second-order valence-corrected chi connectivity index (χ2v) is 8.35. The molecule has 1 aromatic carbocycles. The van der Waals surface area contributed by atoms with E-state index in [2.05, 4.69) is 49.7 Å². The van der Waals surface area contributed by atoms with Gasteiger partial charge in [0.1, 0.15) is 0 Å². The fraction of sp³-hybridized carbons (Fsp3) is 0.542. The Morgan fingerprint density at radius 3 is 1.90 bits per heavy atom. The van der Waals surface area contributed by atoms with Crippen LogP contribution in [-0.4, -0.2) is 73.7 Å². The summed E-state index contributed by atoms with van der Waals surface area (Å²) in [6.45, 7) is 11.9. The minimum absolute atomic E-state index is 0.259. The van der Waals surface area contributed by atoms with Crippen LogP contribution in [0.4, 0.5) is 11.4 Å². The Hall–Kier alpha value is -2.19. The van der Waals surface area contributed by atoms with Gasteiger partial charge >= 0.3 is 0 Å². The highest BCUT2D eigenvalue weighted by Crippen LogP contribution is 2.19. The van der Waals surface area contributed by atoms with Gasteiger partial charge in [0.15, 0.2) is 0 Å². The number of nitrogens with one attached hydrogen (secondary N) is 2. The highest BCUT2D eigenvalue weighted by molar-refractivity contribution is 5.48. The van der Waals surface area contributed by atoms with Crippen molar-refractivity contribution in [3.05, 3.63) is 53.9 Å². The first-order valence-electron chi connectivity index (χ1n) is 11.3. The monoisotopic (exact) mass is 427 g/mol. The van der Waals surface area contributed by atoms with Gasteiger partial charge in [-0.3, -0.25) is 4.98 Å². The number of benzene rings is 1. The average molecular weight is 428 g/mol. The molecule has 2 aliphatic rings. The number of hydrogen-bond donors (Lipinski definition) is 4. The fourth-order valence-corrected chi connectivity index (χ4v) is 3.88. The van der Waals surface area contributed by atoms with Crippen LogP contribution < -0.4 is 20.4 Å². The summed E-state index contributed by atoms with van der Waals surface area (Å²) in [6.07, 6.45) is 3.61. The highest BCUT2D eigenvalue weighted by Gasteiger charge is 2.12. The molecule has 4 N–H and O–H groups in total. The molecule has 0 bridgehead atoms.